The number of nitrogens with one attached hydrogen (secondary N) is 1. The van der Waals surface area contributed by atoms with Crippen LogP contribution >= 0.6 is 35.3 Å². The van der Waals surface area contributed by atoms with Crippen molar-refractivity contribution in [2.24, 2.45) is 4.99 Å². The van der Waals surface area contributed by atoms with Gasteiger partial charge in [0.15, 0.2) is 5.96 Å². The van der Waals surface area contributed by atoms with E-state index < -0.39 is 0 Å². The van der Waals surface area contributed by atoms with E-state index in [0.29, 0.717) is 0 Å². The number of aryl methyl sites for hydroxylation is 1. The molecule has 1 fully saturated rings. The summed E-state index contributed by atoms with van der Waals surface area (Å²) in [6, 6.07) is 0. The molecule has 18 heavy (non-hydrogen) atoms. The second kappa shape index (κ2) is 7.93. The van der Waals surface area contributed by atoms with Gasteiger partial charge in [0, 0.05) is 30.7 Å². The van der Waals surface area contributed by atoms with Gasteiger partial charge in [0.1, 0.15) is 0 Å². The van der Waals surface area contributed by atoms with Crippen LogP contribution in [0.4, 0.5) is 0 Å². The Labute approximate surface area is 130 Å². The van der Waals surface area contributed by atoms with Crippen LogP contribution in [-0.4, -0.2) is 35.5 Å². The molecule has 0 spiro atoms. The van der Waals surface area contributed by atoms with Gasteiger partial charge in [-0.2, -0.15) is 0 Å². The summed E-state index contributed by atoms with van der Waals surface area (Å²) in [4.78, 5) is 12.5. The van der Waals surface area contributed by atoms with E-state index in [1.165, 1.54) is 17.7 Å². The van der Waals surface area contributed by atoms with E-state index >= 15 is 0 Å². The van der Waals surface area contributed by atoms with Crippen LogP contribution in [0.3, 0.4) is 0 Å². The zero-order valence-electron chi connectivity index (χ0n) is 11.0. The molecule has 0 amide bonds. The Balaban J connectivity index is 0.00000162. The molecular formula is C12H21IN4S. The molecule has 0 aromatic carbocycles. The molecular weight excluding hydrogens is 359 g/mol. The predicted molar refractivity (Wildman–Crippen MR) is 87.9 cm³/mol. The number of halogens is 1. The Morgan fingerprint density at radius 1 is 1.50 bits per heavy atom. The summed E-state index contributed by atoms with van der Waals surface area (Å²) in [6.07, 6.45) is 4.49. The molecule has 1 aromatic rings. The van der Waals surface area contributed by atoms with Gasteiger partial charge in [-0.25, -0.2) is 9.98 Å². The molecule has 1 saturated heterocycles. The number of hydrogen-bond acceptors (Lipinski definition) is 3. The minimum atomic E-state index is 0. The summed E-state index contributed by atoms with van der Waals surface area (Å²) < 4.78 is 0. The quantitative estimate of drug-likeness (QED) is 0.498. The van der Waals surface area contributed by atoms with Gasteiger partial charge in [-0.05, 0) is 26.7 Å². The molecule has 6 heteroatoms. The molecule has 0 atom stereocenters. The van der Waals surface area contributed by atoms with Gasteiger partial charge in [-0.15, -0.1) is 35.3 Å². The highest BCUT2D eigenvalue weighted by molar-refractivity contribution is 14.0. The average Bonchev–Trinajstić information content (AvgIpc) is 2.95. The number of likely N-dealkylation sites (tertiary alicyclic amines) is 1. The molecule has 1 aliphatic rings. The first-order valence-corrected chi connectivity index (χ1v) is 7.06. The SMILES string of the molecule is CCNC(=NCc1cnc(C)s1)N1CCCC1.I. The maximum Gasteiger partial charge on any atom is 0.194 e. The van der Waals surface area contributed by atoms with E-state index in [-0.39, 0.29) is 24.0 Å². The third-order valence-corrected chi connectivity index (χ3v) is 3.69. The first kappa shape index (κ1) is 15.7. The average molecular weight is 380 g/mol. The first-order valence-electron chi connectivity index (χ1n) is 6.24. The fourth-order valence-electron chi connectivity index (χ4n) is 1.99. The van der Waals surface area contributed by atoms with Crippen molar-refractivity contribution in [3.05, 3.63) is 16.1 Å². The molecule has 0 aliphatic carbocycles. The van der Waals surface area contributed by atoms with Crippen molar-refractivity contribution in [2.45, 2.75) is 33.2 Å². The summed E-state index contributed by atoms with van der Waals surface area (Å²) in [7, 11) is 0. The van der Waals surface area contributed by atoms with E-state index in [4.69, 9.17) is 0 Å². The van der Waals surface area contributed by atoms with Crippen LogP contribution in [0.1, 0.15) is 29.7 Å². The Morgan fingerprint density at radius 3 is 2.78 bits per heavy atom. The van der Waals surface area contributed by atoms with E-state index in [1.54, 1.807) is 11.3 Å². The molecule has 0 bridgehead atoms. The minimum Gasteiger partial charge on any atom is -0.357 e. The van der Waals surface area contributed by atoms with E-state index in [2.05, 4.69) is 27.1 Å². The smallest absolute Gasteiger partial charge is 0.194 e. The van der Waals surface area contributed by atoms with Crippen molar-refractivity contribution in [3.8, 4) is 0 Å². The van der Waals surface area contributed by atoms with E-state index in [9.17, 15) is 0 Å². The molecule has 2 heterocycles. The lowest BCUT2D eigenvalue weighted by atomic mass is 10.4. The summed E-state index contributed by atoms with van der Waals surface area (Å²) in [5.41, 5.74) is 0. The highest BCUT2D eigenvalue weighted by Gasteiger charge is 2.15. The Kier molecular flexibility index (Phi) is 6.91. The number of nitrogens with zero attached hydrogens (tertiary/aromatic N) is 3. The zero-order chi connectivity index (χ0) is 12.1. The van der Waals surface area contributed by atoms with Crippen LogP contribution in [0.2, 0.25) is 0 Å². The monoisotopic (exact) mass is 380 g/mol. The fourth-order valence-corrected chi connectivity index (χ4v) is 2.71. The Bertz CT molecular complexity index is 385. The molecule has 0 radical (unpaired) electrons. The van der Waals surface area contributed by atoms with Crippen molar-refractivity contribution in [1.82, 2.24) is 15.2 Å². The van der Waals surface area contributed by atoms with Gasteiger partial charge in [0.2, 0.25) is 0 Å². The lowest BCUT2D eigenvalue weighted by Gasteiger charge is -2.20. The van der Waals surface area contributed by atoms with Gasteiger partial charge in [0.25, 0.3) is 0 Å². The number of aliphatic imine (C=N–C) groups is 1. The molecule has 2 rings (SSSR count). The normalized spacial score (nSPS) is 15.7. The molecule has 0 unspecified atom stereocenters. The molecule has 4 nitrogen and oxygen atoms in total. The topological polar surface area (TPSA) is 40.5 Å². The maximum atomic E-state index is 4.68. The second-order valence-corrected chi connectivity index (χ2v) is 5.53. The molecule has 1 N–H and O–H groups in total. The summed E-state index contributed by atoms with van der Waals surface area (Å²) >= 11 is 1.73. The van der Waals surface area contributed by atoms with Crippen molar-refractivity contribution in [2.75, 3.05) is 19.6 Å². The van der Waals surface area contributed by atoms with Crippen molar-refractivity contribution >= 4 is 41.3 Å². The van der Waals surface area contributed by atoms with Crippen molar-refractivity contribution in [3.63, 3.8) is 0 Å². The number of aromatic nitrogens is 1. The standard InChI is InChI=1S/C12H20N4S.HI/c1-3-13-12(16-6-4-5-7-16)15-9-11-8-14-10(2)17-11;/h8H,3-7,9H2,1-2H3,(H,13,15);1H. The van der Waals surface area contributed by atoms with Gasteiger partial charge in [-0.3, -0.25) is 0 Å². The number of guanidine groups is 1. The molecule has 1 aliphatic heterocycles. The van der Waals surface area contributed by atoms with Crippen LogP contribution in [0.5, 0.6) is 0 Å². The fraction of sp³-hybridized carbons (Fsp3) is 0.667. The maximum absolute atomic E-state index is 4.68. The van der Waals surface area contributed by atoms with E-state index in [0.717, 1.165) is 37.1 Å². The van der Waals surface area contributed by atoms with Crippen LogP contribution in [0.15, 0.2) is 11.2 Å². The van der Waals surface area contributed by atoms with E-state index in [1.807, 2.05) is 13.1 Å². The van der Waals surface area contributed by atoms with Gasteiger partial charge in [0.05, 0.1) is 11.6 Å². The molecule has 1 aromatic heterocycles. The highest BCUT2D eigenvalue weighted by Crippen LogP contribution is 2.13. The second-order valence-electron chi connectivity index (χ2n) is 4.21. The van der Waals surface area contributed by atoms with Crippen LogP contribution in [-0.2, 0) is 6.54 Å². The predicted octanol–water partition coefficient (Wildman–Crippen LogP) is 2.63. The third-order valence-electron chi connectivity index (χ3n) is 2.79. The van der Waals surface area contributed by atoms with Gasteiger partial charge in [-0.1, -0.05) is 0 Å². The minimum absolute atomic E-state index is 0. The number of rotatable bonds is 3. The lowest BCUT2D eigenvalue weighted by Crippen LogP contribution is -2.39. The summed E-state index contributed by atoms with van der Waals surface area (Å²) in [5, 5.41) is 4.47. The van der Waals surface area contributed by atoms with Crippen LogP contribution in [0, 0.1) is 6.92 Å². The molecule has 0 saturated carbocycles. The largest absolute Gasteiger partial charge is 0.357 e. The zero-order valence-corrected chi connectivity index (χ0v) is 14.1. The summed E-state index contributed by atoms with van der Waals surface area (Å²) in [5.74, 6) is 1.05. The third kappa shape index (κ3) is 4.38. The van der Waals surface area contributed by atoms with Gasteiger partial charge >= 0.3 is 0 Å². The highest BCUT2D eigenvalue weighted by atomic mass is 127. The van der Waals surface area contributed by atoms with Crippen molar-refractivity contribution < 1.29 is 0 Å². The number of thiazole rings is 1. The van der Waals surface area contributed by atoms with Gasteiger partial charge < -0.3 is 10.2 Å². The Hall–Kier alpha value is -0.370. The van der Waals surface area contributed by atoms with Crippen molar-refractivity contribution in [1.29, 1.82) is 0 Å². The summed E-state index contributed by atoms with van der Waals surface area (Å²) in [6.45, 7) is 8.08. The molecule has 102 valence electrons. The Morgan fingerprint density at radius 2 is 2.22 bits per heavy atom. The number of hydrogen-bond donors (Lipinski definition) is 1. The van der Waals surface area contributed by atoms with Crippen LogP contribution in [0.25, 0.3) is 0 Å². The first-order chi connectivity index (χ1) is 8.29. The van der Waals surface area contributed by atoms with Crippen LogP contribution < -0.4 is 5.32 Å². The lowest BCUT2D eigenvalue weighted by molar-refractivity contribution is 0.494.